The highest BCUT2D eigenvalue weighted by Gasteiger charge is 2.30. The number of imidazole rings is 1. The maximum atomic E-state index is 14.4. The maximum absolute atomic E-state index is 14.4. The number of aliphatic imine (C=N–C) groups is 1. The quantitative estimate of drug-likeness (QED) is 0.496. The van der Waals surface area contributed by atoms with Crippen LogP contribution in [0, 0.1) is 5.82 Å². The molecule has 1 aliphatic heterocycles. The van der Waals surface area contributed by atoms with E-state index in [0.717, 1.165) is 11.5 Å². The number of benzene rings is 1. The van der Waals surface area contributed by atoms with E-state index >= 15 is 0 Å². The Bertz CT molecular complexity index is 1040. The molecule has 3 heterocycles. The highest BCUT2D eigenvalue weighted by atomic mass is 19.1. The smallest absolute Gasteiger partial charge is 0.424 e. The van der Waals surface area contributed by atoms with E-state index in [9.17, 15) is 9.18 Å². The molecule has 1 fully saturated rings. The fourth-order valence-electron chi connectivity index (χ4n) is 3.50. The lowest BCUT2D eigenvalue weighted by Crippen LogP contribution is -2.48. The Kier molecular flexibility index (Phi) is 5.48. The van der Waals surface area contributed by atoms with Gasteiger partial charge in [0.05, 0.1) is 6.20 Å². The fourth-order valence-corrected chi connectivity index (χ4v) is 3.50. The Balaban J connectivity index is 1.51. The Hall–Kier alpha value is -3.66. The number of amides is 1. The van der Waals surface area contributed by atoms with E-state index in [2.05, 4.69) is 14.9 Å². The lowest BCUT2D eigenvalue weighted by molar-refractivity contribution is -0.0164. The van der Waals surface area contributed by atoms with Crippen LogP contribution in [0.15, 0.2) is 59.9 Å². The van der Waals surface area contributed by atoms with Crippen molar-refractivity contribution >= 4 is 23.5 Å². The Labute approximate surface area is 172 Å². The first-order chi connectivity index (χ1) is 14.5. The largest absolute Gasteiger partial charge is 0.438 e. The molecule has 1 atom stereocenters. The van der Waals surface area contributed by atoms with Gasteiger partial charge in [0.1, 0.15) is 17.3 Å². The highest BCUT2D eigenvalue weighted by Crippen LogP contribution is 2.27. The molecule has 10 heteroatoms. The van der Waals surface area contributed by atoms with Gasteiger partial charge in [0.15, 0.2) is 12.2 Å². The molecule has 3 aromatic rings. The van der Waals surface area contributed by atoms with E-state index in [4.69, 9.17) is 16.2 Å². The number of hydrogen-bond acceptors (Lipinski definition) is 5. The molecule has 2 aromatic heterocycles. The molecule has 0 radical (unpaired) electrons. The first kappa shape index (κ1) is 19.6. The highest BCUT2D eigenvalue weighted by molar-refractivity contribution is 5.87. The zero-order valence-electron chi connectivity index (χ0n) is 16.2. The van der Waals surface area contributed by atoms with Gasteiger partial charge in [-0.25, -0.2) is 14.2 Å². The second kappa shape index (κ2) is 8.37. The van der Waals surface area contributed by atoms with Crippen LogP contribution in [-0.2, 0) is 4.74 Å². The fraction of sp³-hybridized carbons (Fsp3) is 0.250. The van der Waals surface area contributed by atoms with Gasteiger partial charge < -0.3 is 25.5 Å². The number of halogens is 1. The average Bonchev–Trinajstić information content (AvgIpc) is 3.17. The summed E-state index contributed by atoms with van der Waals surface area (Å²) in [6.45, 7) is 2.33. The number of fused-ring (bicyclic) bond motifs is 1. The molecule has 0 bridgehead atoms. The molecule has 1 aliphatic rings. The van der Waals surface area contributed by atoms with Crippen LogP contribution in [-0.4, -0.2) is 52.5 Å². The second-order valence-electron chi connectivity index (χ2n) is 6.88. The minimum Gasteiger partial charge on any atom is -0.424 e. The lowest BCUT2D eigenvalue weighted by atomic mass is 10.1. The summed E-state index contributed by atoms with van der Waals surface area (Å²) < 4.78 is 21.8. The summed E-state index contributed by atoms with van der Waals surface area (Å²) in [5.74, 6) is -0.0208. The minimum atomic E-state index is -0.967. The Morgan fingerprint density at radius 1 is 1.10 bits per heavy atom. The molecule has 156 valence electrons. The zero-order chi connectivity index (χ0) is 21.1. The van der Waals surface area contributed by atoms with Crippen LogP contribution >= 0.6 is 0 Å². The number of guanidine groups is 1. The third-order valence-corrected chi connectivity index (χ3v) is 4.93. The molecular formula is C20H22FN7O2. The lowest BCUT2D eigenvalue weighted by Gasteiger charge is -2.38. The molecular weight excluding hydrogens is 389 g/mol. The van der Waals surface area contributed by atoms with Gasteiger partial charge in [0.25, 0.3) is 0 Å². The van der Waals surface area contributed by atoms with E-state index in [-0.39, 0.29) is 5.56 Å². The normalized spacial score (nSPS) is 15.7. The molecule has 1 saturated heterocycles. The van der Waals surface area contributed by atoms with Crippen molar-refractivity contribution in [2.75, 3.05) is 31.1 Å². The molecule has 1 aromatic carbocycles. The number of aromatic nitrogens is 2. The predicted octanol–water partition coefficient (Wildman–Crippen LogP) is 1.70. The summed E-state index contributed by atoms with van der Waals surface area (Å²) in [5, 5.41) is 0. The predicted molar refractivity (Wildman–Crippen MR) is 110 cm³/mol. The van der Waals surface area contributed by atoms with Crippen molar-refractivity contribution in [1.82, 2.24) is 14.3 Å². The Morgan fingerprint density at radius 2 is 1.83 bits per heavy atom. The number of pyridine rings is 1. The van der Waals surface area contributed by atoms with Crippen molar-refractivity contribution in [2.24, 2.45) is 16.5 Å². The third-order valence-electron chi connectivity index (χ3n) is 4.93. The van der Waals surface area contributed by atoms with Gasteiger partial charge in [0.2, 0.25) is 0 Å². The molecule has 4 N–H and O–H groups in total. The van der Waals surface area contributed by atoms with Crippen LogP contribution in [0.1, 0.15) is 11.8 Å². The first-order valence-electron chi connectivity index (χ1n) is 9.48. The molecule has 0 spiro atoms. The van der Waals surface area contributed by atoms with Gasteiger partial charge in [0, 0.05) is 37.9 Å². The van der Waals surface area contributed by atoms with Crippen molar-refractivity contribution in [2.45, 2.75) is 6.23 Å². The molecule has 1 unspecified atom stereocenters. The van der Waals surface area contributed by atoms with Crippen molar-refractivity contribution in [1.29, 1.82) is 0 Å². The van der Waals surface area contributed by atoms with Gasteiger partial charge in [-0.3, -0.25) is 4.90 Å². The van der Waals surface area contributed by atoms with E-state index in [1.807, 2.05) is 39.9 Å². The van der Waals surface area contributed by atoms with Gasteiger partial charge in [-0.15, -0.1) is 4.99 Å². The number of nitrogens with zero attached hydrogens (tertiary/aromatic N) is 5. The number of piperazine rings is 1. The molecule has 0 aliphatic carbocycles. The molecule has 0 saturated carbocycles. The maximum Gasteiger partial charge on any atom is 0.438 e. The molecule has 30 heavy (non-hydrogen) atoms. The van der Waals surface area contributed by atoms with Crippen LogP contribution in [0.3, 0.4) is 0 Å². The van der Waals surface area contributed by atoms with Crippen LogP contribution in [0.2, 0.25) is 0 Å². The number of nitrogens with two attached hydrogens (primary N) is 2. The van der Waals surface area contributed by atoms with E-state index in [0.29, 0.717) is 26.2 Å². The summed E-state index contributed by atoms with van der Waals surface area (Å²) >= 11 is 0. The van der Waals surface area contributed by atoms with Gasteiger partial charge >= 0.3 is 6.09 Å². The van der Waals surface area contributed by atoms with Crippen LogP contribution in [0.5, 0.6) is 0 Å². The number of hydrogen-bond donors (Lipinski definition) is 2. The SMILES string of the molecule is NC(N)=NC(=O)OC(c1ccccc1F)N1CCN(c2cn3ccccc3n2)CC1. The van der Waals surface area contributed by atoms with Gasteiger partial charge in [-0.1, -0.05) is 24.3 Å². The second-order valence-corrected chi connectivity index (χ2v) is 6.88. The summed E-state index contributed by atoms with van der Waals surface area (Å²) in [5.41, 5.74) is 11.6. The molecule has 1 amide bonds. The van der Waals surface area contributed by atoms with Crippen LogP contribution in [0.4, 0.5) is 15.0 Å². The number of carbonyl (C=O) groups excluding carboxylic acids is 1. The summed E-state index contributed by atoms with van der Waals surface area (Å²) in [7, 11) is 0. The molecule has 4 rings (SSSR count). The van der Waals surface area contributed by atoms with Crippen molar-refractivity contribution < 1.29 is 13.9 Å². The molecule has 9 nitrogen and oxygen atoms in total. The number of ether oxygens (including phenoxy) is 1. The third kappa shape index (κ3) is 4.18. The van der Waals surface area contributed by atoms with Crippen molar-refractivity contribution in [3.05, 3.63) is 66.2 Å². The Morgan fingerprint density at radius 3 is 2.53 bits per heavy atom. The van der Waals surface area contributed by atoms with Crippen LogP contribution in [0.25, 0.3) is 5.65 Å². The van der Waals surface area contributed by atoms with E-state index in [1.165, 1.54) is 6.07 Å². The standard InChI is InChI=1S/C20H22FN7O2/c21-15-6-2-1-5-14(15)18(30-20(29)25-19(22)23)27-11-9-26(10-12-27)17-13-28-8-4-3-7-16(28)24-17/h1-8,13,18H,9-12H2,(H4,22,23,25,29). The van der Waals surface area contributed by atoms with Gasteiger partial charge in [-0.05, 0) is 18.2 Å². The summed E-state index contributed by atoms with van der Waals surface area (Å²) in [6.07, 6.45) is 2.01. The topological polar surface area (TPSA) is 114 Å². The van der Waals surface area contributed by atoms with Crippen molar-refractivity contribution in [3.8, 4) is 0 Å². The number of carbonyl (C=O) groups is 1. The average molecular weight is 411 g/mol. The number of anilines is 1. The van der Waals surface area contributed by atoms with E-state index in [1.54, 1.807) is 18.2 Å². The summed E-state index contributed by atoms with van der Waals surface area (Å²) in [4.78, 5) is 24.1. The van der Waals surface area contributed by atoms with Gasteiger partial charge in [-0.2, -0.15) is 0 Å². The number of rotatable bonds is 4. The van der Waals surface area contributed by atoms with E-state index < -0.39 is 24.1 Å². The zero-order valence-corrected chi connectivity index (χ0v) is 16.2. The first-order valence-corrected chi connectivity index (χ1v) is 9.48. The monoisotopic (exact) mass is 411 g/mol. The van der Waals surface area contributed by atoms with Crippen molar-refractivity contribution in [3.63, 3.8) is 0 Å². The van der Waals surface area contributed by atoms with Crippen LogP contribution < -0.4 is 16.4 Å². The minimum absolute atomic E-state index is 0.248. The summed E-state index contributed by atoms with van der Waals surface area (Å²) in [6, 6.07) is 12.0.